The summed E-state index contributed by atoms with van der Waals surface area (Å²) in [5, 5.41) is 9.43. The average Bonchev–Trinajstić information content (AvgIpc) is 2.81. The Kier molecular flexibility index (Phi) is 7.16. The zero-order valence-electron chi connectivity index (χ0n) is 23.3. The van der Waals surface area contributed by atoms with Gasteiger partial charge in [-0.15, -0.1) is 0 Å². The van der Waals surface area contributed by atoms with Crippen LogP contribution < -0.4 is 0 Å². The number of fused-ring (bicyclic) bond motifs is 1. The largest absolute Gasteiger partial charge is 0.392 e. The molecule has 0 fully saturated rings. The van der Waals surface area contributed by atoms with E-state index in [-0.39, 0.29) is 17.4 Å². The fraction of sp³-hybridized carbons (Fsp3) is 0.353. The molecule has 0 aromatic heterocycles. The van der Waals surface area contributed by atoms with E-state index in [0.29, 0.717) is 0 Å². The van der Waals surface area contributed by atoms with Gasteiger partial charge in [-0.3, -0.25) is 0 Å². The molecule has 0 saturated heterocycles. The first-order chi connectivity index (χ1) is 16.8. The molecule has 0 unspecified atom stereocenters. The molecule has 0 heterocycles. The quantitative estimate of drug-likeness (QED) is 0.349. The molecule has 1 nitrogen and oxygen atoms in total. The number of rotatable bonds is 5. The molecule has 3 aromatic rings. The highest BCUT2D eigenvalue weighted by Crippen LogP contribution is 2.53. The molecule has 0 bridgehead atoms. The zero-order valence-corrected chi connectivity index (χ0v) is 24.1. The molecule has 1 N–H and O–H groups in total. The molecule has 2 heteroatoms. The first-order valence-corrected chi connectivity index (χ1v) is 15.7. The molecule has 0 spiro atoms. The van der Waals surface area contributed by atoms with Crippen LogP contribution in [-0.2, 0) is 17.4 Å². The lowest BCUT2D eigenvalue weighted by Crippen LogP contribution is -2.22. The Morgan fingerprint density at radius 1 is 0.917 bits per heavy atom. The number of aliphatic hydroxyl groups excluding tert-OH is 1. The Balaban J connectivity index is 1.83. The van der Waals surface area contributed by atoms with Crippen molar-refractivity contribution in [3.63, 3.8) is 0 Å². The third kappa shape index (κ3) is 5.56. The van der Waals surface area contributed by atoms with Crippen molar-refractivity contribution in [1.82, 2.24) is 0 Å². The highest BCUT2D eigenvalue weighted by molar-refractivity contribution is 8.39. The Bertz CT molecular complexity index is 1290. The summed E-state index contributed by atoms with van der Waals surface area (Å²) in [6, 6.07) is 24.6. The minimum Gasteiger partial charge on any atom is -0.392 e. The van der Waals surface area contributed by atoms with E-state index < -0.39 is 10.0 Å². The first-order valence-electron chi connectivity index (χ1n) is 12.9. The van der Waals surface area contributed by atoms with E-state index in [9.17, 15) is 5.11 Å². The van der Waals surface area contributed by atoms with Crippen LogP contribution >= 0.6 is 10.0 Å². The highest BCUT2D eigenvalue weighted by Gasteiger charge is 2.29. The van der Waals surface area contributed by atoms with Crippen LogP contribution in [-0.4, -0.2) is 23.9 Å². The van der Waals surface area contributed by atoms with Crippen LogP contribution in [0, 0.1) is 0 Å². The SMILES string of the molecule is CC(C)(C)c1ccc(C2=CCC(C)(C)c3ccc(/C(=C/c4ccc(CO)cc4)S(C)(C)C)cc32)cc1. The van der Waals surface area contributed by atoms with Crippen LogP contribution in [0.5, 0.6) is 0 Å². The Hall–Kier alpha value is -2.55. The highest BCUT2D eigenvalue weighted by atomic mass is 32.3. The van der Waals surface area contributed by atoms with E-state index in [1.165, 1.54) is 43.9 Å². The van der Waals surface area contributed by atoms with Gasteiger partial charge in [-0.05, 0) is 97.6 Å². The van der Waals surface area contributed by atoms with Crippen molar-refractivity contribution in [2.75, 3.05) is 18.8 Å². The summed E-state index contributed by atoms with van der Waals surface area (Å²) in [5.74, 6) is 0. The van der Waals surface area contributed by atoms with Gasteiger partial charge >= 0.3 is 0 Å². The van der Waals surface area contributed by atoms with E-state index >= 15 is 0 Å². The van der Waals surface area contributed by atoms with Gasteiger partial charge in [0.2, 0.25) is 0 Å². The zero-order chi connectivity index (χ0) is 26.3. The standard InChI is InChI=1S/C34H42OS/c1-33(2,3)28-16-13-26(14-17-28)29-19-20-34(4,5)31-18-15-27(22-30(29)31)32(36(6,7)8)21-24-9-11-25(23-35)12-10-24/h9-19,21-22,35H,20,23H2,1-8H3/b32-21-. The number of benzene rings is 3. The second-order valence-electron chi connectivity index (χ2n) is 12.5. The van der Waals surface area contributed by atoms with Gasteiger partial charge in [-0.25, -0.2) is 10.0 Å². The van der Waals surface area contributed by atoms with E-state index in [4.69, 9.17) is 0 Å². The predicted molar refractivity (Wildman–Crippen MR) is 162 cm³/mol. The van der Waals surface area contributed by atoms with E-state index in [0.717, 1.165) is 12.0 Å². The number of aliphatic hydroxyl groups is 1. The molecule has 1 aliphatic rings. The normalized spacial score (nSPS) is 16.4. The summed E-state index contributed by atoms with van der Waals surface area (Å²) in [7, 11) is -0.999. The Morgan fingerprint density at radius 2 is 1.56 bits per heavy atom. The van der Waals surface area contributed by atoms with Gasteiger partial charge < -0.3 is 5.11 Å². The molecular formula is C34H42OS. The molecule has 4 rings (SSSR count). The average molecular weight is 499 g/mol. The number of hydrogen-bond donors (Lipinski definition) is 1. The second kappa shape index (κ2) is 9.72. The van der Waals surface area contributed by atoms with Crippen molar-refractivity contribution in [1.29, 1.82) is 0 Å². The lowest BCUT2D eigenvalue weighted by molar-refractivity contribution is 0.282. The van der Waals surface area contributed by atoms with Crippen molar-refractivity contribution in [2.24, 2.45) is 0 Å². The third-order valence-corrected chi connectivity index (χ3v) is 8.99. The van der Waals surface area contributed by atoms with Crippen LogP contribution in [0.2, 0.25) is 0 Å². The van der Waals surface area contributed by atoms with Gasteiger partial charge in [-0.2, -0.15) is 0 Å². The molecule has 36 heavy (non-hydrogen) atoms. The summed E-state index contributed by atoms with van der Waals surface area (Å²) >= 11 is 0. The van der Waals surface area contributed by atoms with Crippen molar-refractivity contribution >= 4 is 26.6 Å². The summed E-state index contributed by atoms with van der Waals surface area (Å²) in [4.78, 5) is 1.40. The van der Waals surface area contributed by atoms with Crippen LogP contribution in [0.15, 0.2) is 72.8 Å². The van der Waals surface area contributed by atoms with E-state index in [1.54, 1.807) is 0 Å². The third-order valence-electron chi connectivity index (χ3n) is 7.32. The lowest BCUT2D eigenvalue weighted by Gasteiger charge is -2.35. The van der Waals surface area contributed by atoms with Gasteiger partial charge in [0.1, 0.15) is 0 Å². The lowest BCUT2D eigenvalue weighted by atomic mass is 9.71. The molecule has 190 valence electrons. The summed E-state index contributed by atoms with van der Waals surface area (Å²) < 4.78 is 0. The Labute approximate surface area is 220 Å². The smallest absolute Gasteiger partial charge is 0.0681 e. The fourth-order valence-corrected chi connectivity index (χ4v) is 6.32. The van der Waals surface area contributed by atoms with Gasteiger partial charge in [0.15, 0.2) is 0 Å². The minimum atomic E-state index is -0.999. The maximum absolute atomic E-state index is 9.43. The molecule has 0 atom stereocenters. The van der Waals surface area contributed by atoms with Crippen LogP contribution in [0.4, 0.5) is 0 Å². The first kappa shape index (κ1) is 26.5. The molecule has 0 amide bonds. The van der Waals surface area contributed by atoms with Gasteiger partial charge in [0.25, 0.3) is 0 Å². The monoisotopic (exact) mass is 498 g/mol. The van der Waals surface area contributed by atoms with Crippen LogP contribution in [0.25, 0.3) is 16.6 Å². The van der Waals surface area contributed by atoms with E-state index in [2.05, 4.69) is 120 Å². The van der Waals surface area contributed by atoms with Crippen molar-refractivity contribution < 1.29 is 5.11 Å². The molecule has 0 radical (unpaired) electrons. The molecular weight excluding hydrogens is 456 g/mol. The van der Waals surface area contributed by atoms with E-state index in [1.807, 2.05) is 12.1 Å². The van der Waals surface area contributed by atoms with Crippen LogP contribution in [0.3, 0.4) is 0 Å². The van der Waals surface area contributed by atoms with Crippen molar-refractivity contribution in [2.45, 2.75) is 58.5 Å². The number of hydrogen-bond acceptors (Lipinski definition) is 1. The van der Waals surface area contributed by atoms with Gasteiger partial charge in [-0.1, -0.05) is 101 Å². The van der Waals surface area contributed by atoms with Crippen molar-refractivity contribution in [3.8, 4) is 0 Å². The predicted octanol–water partition coefficient (Wildman–Crippen LogP) is 8.78. The topological polar surface area (TPSA) is 20.2 Å². The molecule has 3 aromatic carbocycles. The van der Waals surface area contributed by atoms with Crippen LogP contribution in [0.1, 0.15) is 80.0 Å². The minimum absolute atomic E-state index is 0.0772. The summed E-state index contributed by atoms with van der Waals surface area (Å²) in [6.45, 7) is 11.6. The van der Waals surface area contributed by atoms with Crippen molar-refractivity contribution in [3.05, 3.63) is 112 Å². The maximum atomic E-state index is 9.43. The maximum Gasteiger partial charge on any atom is 0.0681 e. The number of allylic oxidation sites excluding steroid dienone is 1. The summed E-state index contributed by atoms with van der Waals surface area (Å²) in [6.07, 6.45) is 12.9. The van der Waals surface area contributed by atoms with Gasteiger partial charge in [0, 0.05) is 0 Å². The molecule has 0 saturated carbocycles. The molecule has 1 aliphatic carbocycles. The Morgan fingerprint density at radius 3 is 2.11 bits per heavy atom. The van der Waals surface area contributed by atoms with Gasteiger partial charge in [0.05, 0.1) is 6.61 Å². The second-order valence-corrected chi connectivity index (χ2v) is 16.7. The fourth-order valence-electron chi connectivity index (χ4n) is 5.00. The summed E-state index contributed by atoms with van der Waals surface area (Å²) in [5.41, 5.74) is 10.5. The molecule has 0 aliphatic heterocycles.